The summed E-state index contributed by atoms with van der Waals surface area (Å²) < 4.78 is 0. The quantitative estimate of drug-likeness (QED) is 0.519. The topological polar surface area (TPSA) is 3.24 Å². The molecule has 1 nitrogen and oxygen atoms in total. The lowest BCUT2D eigenvalue weighted by Crippen LogP contribution is -2.55. The van der Waals surface area contributed by atoms with Crippen LogP contribution >= 0.6 is 0 Å². The van der Waals surface area contributed by atoms with Crippen molar-refractivity contribution in [3.8, 4) is 0 Å². The number of rotatable bonds is 0. The van der Waals surface area contributed by atoms with Gasteiger partial charge in [0, 0.05) is 5.54 Å². The Bertz CT molecular complexity index is 147. The first-order chi connectivity index (χ1) is 4.88. The van der Waals surface area contributed by atoms with Crippen LogP contribution in [0.5, 0.6) is 0 Å². The van der Waals surface area contributed by atoms with Gasteiger partial charge in [-0.15, -0.1) is 0 Å². The van der Waals surface area contributed by atoms with Gasteiger partial charge in [-0.25, -0.2) is 0 Å². The molecular weight excluding hydrogens is 134 g/mol. The van der Waals surface area contributed by atoms with E-state index in [1.807, 2.05) is 0 Å². The van der Waals surface area contributed by atoms with Crippen molar-refractivity contribution in [1.29, 1.82) is 0 Å². The second-order valence-corrected chi connectivity index (χ2v) is 4.97. The predicted molar refractivity (Wildman–Crippen MR) is 49.7 cm³/mol. The molecule has 1 rings (SSSR count). The van der Waals surface area contributed by atoms with Gasteiger partial charge in [0.1, 0.15) is 0 Å². The Balaban J connectivity index is 2.82. The van der Waals surface area contributed by atoms with Crippen LogP contribution in [-0.4, -0.2) is 24.0 Å². The highest BCUT2D eigenvalue weighted by atomic mass is 15.2. The third kappa shape index (κ3) is 1.31. The summed E-state index contributed by atoms with van der Waals surface area (Å²) in [4.78, 5) is 2.48. The van der Waals surface area contributed by atoms with Gasteiger partial charge in [-0.2, -0.15) is 0 Å². The van der Waals surface area contributed by atoms with Crippen molar-refractivity contribution in [2.75, 3.05) is 13.6 Å². The first-order valence-corrected chi connectivity index (χ1v) is 4.59. The van der Waals surface area contributed by atoms with Gasteiger partial charge in [0.25, 0.3) is 0 Å². The fourth-order valence-electron chi connectivity index (χ4n) is 1.86. The molecule has 66 valence electrons. The summed E-state index contributed by atoms with van der Waals surface area (Å²) in [6.07, 6.45) is 2.72. The Labute approximate surface area is 70.8 Å². The summed E-state index contributed by atoms with van der Waals surface area (Å²) in [7, 11) is 2.24. The van der Waals surface area contributed by atoms with E-state index in [1.165, 1.54) is 19.4 Å². The molecule has 1 fully saturated rings. The summed E-state index contributed by atoms with van der Waals surface area (Å²) in [5, 5.41) is 0. The maximum Gasteiger partial charge on any atom is 0.0201 e. The molecule has 0 radical (unpaired) electrons. The van der Waals surface area contributed by atoms with Crippen molar-refractivity contribution in [2.45, 2.75) is 46.1 Å². The van der Waals surface area contributed by atoms with Crippen LogP contribution in [0.2, 0.25) is 0 Å². The van der Waals surface area contributed by atoms with Crippen LogP contribution in [0, 0.1) is 5.41 Å². The standard InChI is InChI=1S/C10H21N/c1-9(2)7-6-8-11(5)10(9,3)4/h6-8H2,1-5H3. The van der Waals surface area contributed by atoms with Crippen LogP contribution in [0.25, 0.3) is 0 Å². The van der Waals surface area contributed by atoms with Crippen LogP contribution in [0.4, 0.5) is 0 Å². The van der Waals surface area contributed by atoms with Crippen molar-refractivity contribution < 1.29 is 0 Å². The predicted octanol–water partition coefficient (Wildman–Crippen LogP) is 2.52. The van der Waals surface area contributed by atoms with Gasteiger partial charge in [0.05, 0.1) is 0 Å². The molecule has 0 bridgehead atoms. The number of hydrogen-bond acceptors (Lipinski definition) is 1. The lowest BCUT2D eigenvalue weighted by atomic mass is 9.68. The minimum atomic E-state index is 0.366. The summed E-state index contributed by atoms with van der Waals surface area (Å²) in [6, 6.07) is 0. The van der Waals surface area contributed by atoms with Gasteiger partial charge < -0.3 is 4.90 Å². The molecule has 0 aromatic carbocycles. The Morgan fingerprint density at radius 3 is 2.00 bits per heavy atom. The van der Waals surface area contributed by atoms with Gasteiger partial charge in [-0.1, -0.05) is 13.8 Å². The Morgan fingerprint density at radius 2 is 1.64 bits per heavy atom. The number of likely N-dealkylation sites (tertiary alicyclic amines) is 1. The maximum atomic E-state index is 2.48. The third-order valence-electron chi connectivity index (χ3n) is 3.91. The molecule has 1 aliphatic rings. The molecule has 1 heterocycles. The van der Waals surface area contributed by atoms with E-state index in [-0.39, 0.29) is 0 Å². The molecule has 0 amide bonds. The minimum Gasteiger partial charge on any atom is -0.301 e. The van der Waals surface area contributed by atoms with Gasteiger partial charge in [0.2, 0.25) is 0 Å². The monoisotopic (exact) mass is 155 g/mol. The van der Waals surface area contributed by atoms with Gasteiger partial charge >= 0.3 is 0 Å². The molecule has 11 heavy (non-hydrogen) atoms. The maximum absolute atomic E-state index is 2.48. The Kier molecular flexibility index (Phi) is 2.04. The first kappa shape index (κ1) is 9.05. The molecule has 0 atom stereocenters. The summed E-state index contributed by atoms with van der Waals surface area (Å²) in [6.45, 7) is 10.7. The van der Waals surface area contributed by atoms with Gasteiger partial charge in [-0.3, -0.25) is 0 Å². The van der Waals surface area contributed by atoms with Crippen LogP contribution in [0.3, 0.4) is 0 Å². The molecule has 1 saturated heterocycles. The molecular formula is C10H21N. The van der Waals surface area contributed by atoms with Crippen LogP contribution in [0.15, 0.2) is 0 Å². The molecule has 1 aliphatic heterocycles. The highest BCUT2D eigenvalue weighted by molar-refractivity contribution is 4.96. The second kappa shape index (κ2) is 2.48. The van der Waals surface area contributed by atoms with E-state index in [1.54, 1.807) is 0 Å². The SMILES string of the molecule is CN1CCCC(C)(C)C1(C)C. The number of nitrogens with zero attached hydrogens (tertiary/aromatic N) is 1. The fourth-order valence-corrected chi connectivity index (χ4v) is 1.86. The highest BCUT2D eigenvalue weighted by Crippen LogP contribution is 2.42. The second-order valence-electron chi connectivity index (χ2n) is 4.97. The van der Waals surface area contributed by atoms with E-state index in [0.29, 0.717) is 11.0 Å². The highest BCUT2D eigenvalue weighted by Gasteiger charge is 2.42. The van der Waals surface area contributed by atoms with Crippen molar-refractivity contribution >= 4 is 0 Å². The van der Waals surface area contributed by atoms with E-state index in [4.69, 9.17) is 0 Å². The molecule has 0 aliphatic carbocycles. The molecule has 1 heteroatoms. The zero-order chi connectivity index (χ0) is 8.70. The first-order valence-electron chi connectivity index (χ1n) is 4.59. The Hall–Kier alpha value is -0.0400. The van der Waals surface area contributed by atoms with Crippen molar-refractivity contribution in [3.05, 3.63) is 0 Å². The van der Waals surface area contributed by atoms with Crippen LogP contribution in [0.1, 0.15) is 40.5 Å². The lowest BCUT2D eigenvalue weighted by molar-refractivity contribution is -0.0121. The zero-order valence-electron chi connectivity index (χ0n) is 8.57. The van der Waals surface area contributed by atoms with Crippen LogP contribution < -0.4 is 0 Å². The minimum absolute atomic E-state index is 0.366. The molecule has 0 N–H and O–H groups in total. The molecule has 0 spiro atoms. The molecule has 0 saturated carbocycles. The average Bonchev–Trinajstić information content (AvgIpc) is 1.84. The van der Waals surface area contributed by atoms with E-state index in [9.17, 15) is 0 Å². The largest absolute Gasteiger partial charge is 0.301 e. The summed E-state index contributed by atoms with van der Waals surface area (Å²) >= 11 is 0. The number of piperidine rings is 1. The van der Waals surface area contributed by atoms with Crippen molar-refractivity contribution in [2.24, 2.45) is 5.41 Å². The van der Waals surface area contributed by atoms with Gasteiger partial charge in [-0.05, 0) is 45.7 Å². The molecule has 0 aromatic rings. The van der Waals surface area contributed by atoms with Gasteiger partial charge in [0.15, 0.2) is 0 Å². The number of hydrogen-bond donors (Lipinski definition) is 0. The smallest absolute Gasteiger partial charge is 0.0201 e. The van der Waals surface area contributed by atoms with E-state index in [2.05, 4.69) is 39.6 Å². The molecule has 0 unspecified atom stereocenters. The fraction of sp³-hybridized carbons (Fsp3) is 1.00. The third-order valence-corrected chi connectivity index (χ3v) is 3.91. The lowest BCUT2D eigenvalue weighted by Gasteiger charge is -2.52. The molecule has 0 aromatic heterocycles. The van der Waals surface area contributed by atoms with E-state index < -0.39 is 0 Å². The van der Waals surface area contributed by atoms with Crippen molar-refractivity contribution in [1.82, 2.24) is 4.90 Å². The summed E-state index contributed by atoms with van der Waals surface area (Å²) in [5.74, 6) is 0. The van der Waals surface area contributed by atoms with E-state index >= 15 is 0 Å². The normalized spacial score (nSPS) is 30.3. The van der Waals surface area contributed by atoms with Crippen molar-refractivity contribution in [3.63, 3.8) is 0 Å². The zero-order valence-corrected chi connectivity index (χ0v) is 8.57. The van der Waals surface area contributed by atoms with Crippen LogP contribution in [-0.2, 0) is 0 Å². The Morgan fingerprint density at radius 1 is 1.09 bits per heavy atom. The van der Waals surface area contributed by atoms with E-state index in [0.717, 1.165) is 0 Å². The average molecular weight is 155 g/mol. The summed E-state index contributed by atoms with van der Waals surface area (Å²) in [5.41, 5.74) is 0.839.